The first-order chi connectivity index (χ1) is 9.72. The van der Waals surface area contributed by atoms with Crippen molar-refractivity contribution in [2.45, 2.75) is 13.0 Å². The summed E-state index contributed by atoms with van der Waals surface area (Å²) in [5.41, 5.74) is 0. The normalized spacial score (nSPS) is 18.4. The van der Waals surface area contributed by atoms with Gasteiger partial charge in [-0.2, -0.15) is 0 Å². The van der Waals surface area contributed by atoms with Crippen molar-refractivity contribution >= 4 is 12.0 Å². The third kappa shape index (κ3) is 3.48. The van der Waals surface area contributed by atoms with E-state index in [0.29, 0.717) is 25.4 Å². The number of para-hydroxylation sites is 1. The number of likely N-dealkylation sites (N-methyl/N-ethyl adjacent to an activating group) is 1. The molecule has 0 spiro atoms. The first kappa shape index (κ1) is 14.3. The van der Waals surface area contributed by atoms with Crippen LogP contribution in [0.3, 0.4) is 0 Å². The molecule has 2 amide bonds. The van der Waals surface area contributed by atoms with Gasteiger partial charge < -0.3 is 14.8 Å². The van der Waals surface area contributed by atoms with Crippen molar-refractivity contribution < 1.29 is 19.1 Å². The number of rotatable bonds is 3. The lowest BCUT2D eigenvalue weighted by atomic mass is 10.2. The van der Waals surface area contributed by atoms with Crippen molar-refractivity contribution in [2.75, 3.05) is 26.3 Å². The molecule has 1 atom stereocenters. The van der Waals surface area contributed by atoms with E-state index in [1.54, 1.807) is 24.3 Å². The number of carbonyl (C=O) groups excluding carboxylic acids is 2. The number of hydrogen-bond donors (Lipinski definition) is 1. The minimum atomic E-state index is -0.639. The smallest absolute Gasteiger partial charge is 0.410 e. The Hall–Kier alpha value is -2.08. The molecule has 1 heterocycles. The van der Waals surface area contributed by atoms with Crippen molar-refractivity contribution in [3.63, 3.8) is 0 Å². The van der Waals surface area contributed by atoms with Crippen LogP contribution >= 0.6 is 0 Å². The zero-order valence-electron chi connectivity index (χ0n) is 11.4. The van der Waals surface area contributed by atoms with Crippen molar-refractivity contribution in [3.05, 3.63) is 30.3 Å². The molecule has 0 aliphatic carbocycles. The van der Waals surface area contributed by atoms with Gasteiger partial charge in [0.2, 0.25) is 5.91 Å². The Balaban J connectivity index is 2.03. The van der Waals surface area contributed by atoms with Crippen LogP contribution in [0.4, 0.5) is 4.79 Å². The van der Waals surface area contributed by atoms with Crippen LogP contribution in [0.5, 0.6) is 5.75 Å². The number of ether oxygens (including phenoxy) is 2. The fourth-order valence-electron chi connectivity index (χ4n) is 1.98. The molecular weight excluding hydrogens is 260 g/mol. The predicted octanol–water partition coefficient (Wildman–Crippen LogP) is 1.02. The first-order valence-corrected chi connectivity index (χ1v) is 6.61. The Kier molecular flexibility index (Phi) is 4.95. The number of nitrogens with one attached hydrogen (secondary N) is 1. The molecule has 1 aromatic rings. The molecule has 6 nitrogen and oxygen atoms in total. The summed E-state index contributed by atoms with van der Waals surface area (Å²) in [4.78, 5) is 25.5. The van der Waals surface area contributed by atoms with Gasteiger partial charge in [0.25, 0.3) is 0 Å². The summed E-state index contributed by atoms with van der Waals surface area (Å²) < 4.78 is 10.5. The Bertz CT molecular complexity index is 464. The number of nitrogens with zero attached hydrogens (tertiary/aromatic N) is 1. The van der Waals surface area contributed by atoms with E-state index in [1.807, 2.05) is 13.0 Å². The number of carbonyl (C=O) groups is 2. The zero-order chi connectivity index (χ0) is 14.4. The van der Waals surface area contributed by atoms with Crippen LogP contribution in [0.25, 0.3) is 0 Å². The first-order valence-electron chi connectivity index (χ1n) is 6.61. The standard InChI is InChI=1S/C14H18N2O4/c1-2-15-13(17)12-10-19-9-8-16(12)14(18)20-11-6-4-3-5-7-11/h3-7,12H,2,8-10H2,1H3,(H,15,17). The second kappa shape index (κ2) is 6.91. The van der Waals surface area contributed by atoms with Gasteiger partial charge >= 0.3 is 6.09 Å². The lowest BCUT2D eigenvalue weighted by molar-refractivity contribution is -0.130. The minimum absolute atomic E-state index is 0.190. The van der Waals surface area contributed by atoms with E-state index in [1.165, 1.54) is 4.90 Å². The van der Waals surface area contributed by atoms with Gasteiger partial charge in [0.1, 0.15) is 11.8 Å². The molecule has 1 N–H and O–H groups in total. The third-order valence-electron chi connectivity index (χ3n) is 2.97. The number of amides is 2. The van der Waals surface area contributed by atoms with Gasteiger partial charge in [0.15, 0.2) is 0 Å². The highest BCUT2D eigenvalue weighted by Gasteiger charge is 2.33. The van der Waals surface area contributed by atoms with Gasteiger partial charge in [-0.3, -0.25) is 9.69 Å². The molecule has 6 heteroatoms. The quantitative estimate of drug-likeness (QED) is 0.896. The Morgan fingerprint density at radius 1 is 1.40 bits per heavy atom. The maximum atomic E-state index is 12.2. The Labute approximate surface area is 117 Å². The van der Waals surface area contributed by atoms with Crippen LogP contribution in [-0.4, -0.2) is 49.2 Å². The van der Waals surface area contributed by atoms with Crippen molar-refractivity contribution in [1.82, 2.24) is 10.2 Å². The fourth-order valence-corrected chi connectivity index (χ4v) is 1.98. The SMILES string of the molecule is CCNC(=O)C1COCCN1C(=O)Oc1ccccc1. The second-order valence-corrected chi connectivity index (χ2v) is 4.36. The maximum absolute atomic E-state index is 12.2. The van der Waals surface area contributed by atoms with Crippen LogP contribution in [0.2, 0.25) is 0 Å². The molecule has 0 bridgehead atoms. The molecule has 0 saturated carbocycles. The molecule has 1 aliphatic rings. The van der Waals surface area contributed by atoms with Gasteiger partial charge in [-0.05, 0) is 19.1 Å². The molecule has 0 radical (unpaired) electrons. The van der Waals surface area contributed by atoms with E-state index in [2.05, 4.69) is 5.32 Å². The summed E-state index contributed by atoms with van der Waals surface area (Å²) in [5.74, 6) is 0.232. The van der Waals surface area contributed by atoms with Gasteiger partial charge in [-0.25, -0.2) is 4.79 Å². The molecule has 1 aliphatic heterocycles. The van der Waals surface area contributed by atoms with E-state index in [9.17, 15) is 9.59 Å². The average molecular weight is 278 g/mol. The summed E-state index contributed by atoms with van der Waals surface area (Å²) in [6, 6.07) is 8.15. The highest BCUT2D eigenvalue weighted by molar-refractivity contribution is 5.86. The lowest BCUT2D eigenvalue weighted by Crippen LogP contribution is -2.56. The Morgan fingerprint density at radius 3 is 2.85 bits per heavy atom. The topological polar surface area (TPSA) is 67.9 Å². The van der Waals surface area contributed by atoms with E-state index in [-0.39, 0.29) is 12.5 Å². The van der Waals surface area contributed by atoms with Crippen molar-refractivity contribution in [3.8, 4) is 5.75 Å². The van der Waals surface area contributed by atoms with Crippen LogP contribution in [0.15, 0.2) is 30.3 Å². The van der Waals surface area contributed by atoms with Gasteiger partial charge in [0, 0.05) is 13.1 Å². The van der Waals surface area contributed by atoms with E-state index >= 15 is 0 Å². The monoisotopic (exact) mass is 278 g/mol. The zero-order valence-corrected chi connectivity index (χ0v) is 11.4. The maximum Gasteiger partial charge on any atom is 0.416 e. The number of benzene rings is 1. The van der Waals surface area contributed by atoms with Crippen LogP contribution in [0, 0.1) is 0 Å². The molecule has 2 rings (SSSR count). The number of hydrogen-bond acceptors (Lipinski definition) is 4. The van der Waals surface area contributed by atoms with Gasteiger partial charge in [-0.1, -0.05) is 18.2 Å². The summed E-state index contributed by atoms with van der Waals surface area (Å²) in [6.07, 6.45) is -0.532. The summed E-state index contributed by atoms with van der Waals surface area (Å²) in [5, 5.41) is 2.70. The molecule has 108 valence electrons. The van der Waals surface area contributed by atoms with Crippen molar-refractivity contribution in [1.29, 1.82) is 0 Å². The predicted molar refractivity (Wildman–Crippen MR) is 72.5 cm³/mol. The van der Waals surface area contributed by atoms with Crippen LogP contribution in [0.1, 0.15) is 6.92 Å². The van der Waals surface area contributed by atoms with E-state index in [4.69, 9.17) is 9.47 Å². The molecule has 1 unspecified atom stereocenters. The summed E-state index contributed by atoms with van der Waals surface area (Å²) >= 11 is 0. The van der Waals surface area contributed by atoms with Crippen LogP contribution in [-0.2, 0) is 9.53 Å². The minimum Gasteiger partial charge on any atom is -0.410 e. The fraction of sp³-hybridized carbons (Fsp3) is 0.429. The molecule has 0 aromatic heterocycles. The summed E-state index contributed by atoms with van der Waals surface area (Å²) in [6.45, 7) is 3.27. The lowest BCUT2D eigenvalue weighted by Gasteiger charge is -2.33. The molecule has 20 heavy (non-hydrogen) atoms. The molecule has 1 aromatic carbocycles. The highest BCUT2D eigenvalue weighted by atomic mass is 16.6. The van der Waals surface area contributed by atoms with Gasteiger partial charge in [-0.15, -0.1) is 0 Å². The second-order valence-electron chi connectivity index (χ2n) is 4.36. The van der Waals surface area contributed by atoms with E-state index < -0.39 is 12.1 Å². The highest BCUT2D eigenvalue weighted by Crippen LogP contribution is 2.14. The molecule has 1 fully saturated rings. The third-order valence-corrected chi connectivity index (χ3v) is 2.97. The molecule has 1 saturated heterocycles. The van der Waals surface area contributed by atoms with E-state index in [0.717, 1.165) is 0 Å². The van der Waals surface area contributed by atoms with Crippen molar-refractivity contribution in [2.24, 2.45) is 0 Å². The Morgan fingerprint density at radius 2 is 2.15 bits per heavy atom. The largest absolute Gasteiger partial charge is 0.416 e. The average Bonchev–Trinajstić information content (AvgIpc) is 2.48. The summed E-state index contributed by atoms with van der Waals surface area (Å²) in [7, 11) is 0. The van der Waals surface area contributed by atoms with Crippen LogP contribution < -0.4 is 10.1 Å². The number of morpholine rings is 1. The molecular formula is C14H18N2O4. The van der Waals surface area contributed by atoms with Gasteiger partial charge in [0.05, 0.1) is 13.2 Å².